The van der Waals surface area contributed by atoms with Crippen LogP contribution in [0.4, 0.5) is 0 Å². The Morgan fingerprint density at radius 3 is 2.31 bits per heavy atom. The minimum Gasteiger partial charge on any atom is -0.493 e. The van der Waals surface area contributed by atoms with Crippen LogP contribution in [0.3, 0.4) is 0 Å². The van der Waals surface area contributed by atoms with Crippen LogP contribution in [0.2, 0.25) is 0 Å². The molecule has 0 saturated heterocycles. The number of nitrogens with zero attached hydrogens (tertiary/aromatic N) is 2. The lowest BCUT2D eigenvalue weighted by Gasteiger charge is -2.18. The van der Waals surface area contributed by atoms with Gasteiger partial charge in [0.2, 0.25) is 5.89 Å². The Morgan fingerprint density at radius 1 is 1.00 bits per heavy atom. The van der Waals surface area contributed by atoms with Gasteiger partial charge in [-0.2, -0.15) is 0 Å². The van der Waals surface area contributed by atoms with Crippen molar-refractivity contribution in [2.45, 2.75) is 31.4 Å². The van der Waals surface area contributed by atoms with E-state index in [1.165, 1.54) is 17.3 Å². The molecule has 152 valence electrons. The Kier molecular flexibility index (Phi) is 6.27. The Bertz CT molecular complexity index is 991. The highest BCUT2D eigenvalue weighted by Gasteiger charge is 2.16. The smallest absolute Gasteiger partial charge is 0.277 e. The van der Waals surface area contributed by atoms with Gasteiger partial charge in [0, 0.05) is 11.1 Å². The largest absolute Gasteiger partial charge is 0.493 e. The summed E-state index contributed by atoms with van der Waals surface area (Å²) in [7, 11) is 3.14. The zero-order valence-electron chi connectivity index (χ0n) is 17.2. The normalized spacial score (nSPS) is 11.3. The van der Waals surface area contributed by atoms with Gasteiger partial charge in [-0.05, 0) is 29.2 Å². The summed E-state index contributed by atoms with van der Waals surface area (Å²) in [5, 5.41) is 8.43. The van der Waals surface area contributed by atoms with E-state index in [9.17, 15) is 4.79 Å². The highest BCUT2D eigenvalue weighted by atomic mass is 32.2. The highest BCUT2D eigenvalue weighted by molar-refractivity contribution is 7.99. The van der Waals surface area contributed by atoms with Gasteiger partial charge in [-0.25, -0.2) is 0 Å². The number of aromatic nitrogens is 2. The molecule has 0 bridgehead atoms. The van der Waals surface area contributed by atoms with Crippen molar-refractivity contribution in [2.75, 3.05) is 20.0 Å². The summed E-state index contributed by atoms with van der Waals surface area (Å²) in [6.45, 7) is 6.43. The van der Waals surface area contributed by atoms with Gasteiger partial charge in [0.15, 0.2) is 17.3 Å². The molecule has 1 aromatic heterocycles. The van der Waals surface area contributed by atoms with E-state index in [-0.39, 0.29) is 17.0 Å². The van der Waals surface area contributed by atoms with E-state index in [1.54, 1.807) is 26.4 Å². The van der Waals surface area contributed by atoms with E-state index < -0.39 is 0 Å². The Morgan fingerprint density at radius 2 is 1.69 bits per heavy atom. The Hall–Kier alpha value is -2.80. The molecule has 0 spiro atoms. The minimum atomic E-state index is 0.0151. The first-order valence-electron chi connectivity index (χ1n) is 9.14. The predicted octanol–water partition coefficient (Wildman–Crippen LogP) is 5.03. The van der Waals surface area contributed by atoms with Crippen LogP contribution in [-0.4, -0.2) is 36.0 Å². The minimum absolute atomic E-state index is 0.0151. The predicted molar refractivity (Wildman–Crippen MR) is 113 cm³/mol. The van der Waals surface area contributed by atoms with E-state index in [4.69, 9.17) is 13.9 Å². The lowest BCUT2D eigenvalue weighted by Crippen LogP contribution is -2.11. The van der Waals surface area contributed by atoms with Crippen LogP contribution in [-0.2, 0) is 5.41 Å². The summed E-state index contributed by atoms with van der Waals surface area (Å²) in [5.41, 5.74) is 2.63. The number of ether oxygens (including phenoxy) is 2. The van der Waals surface area contributed by atoms with Gasteiger partial charge in [-0.15, -0.1) is 10.2 Å². The number of thioether (sulfide) groups is 1. The number of hydrogen-bond acceptors (Lipinski definition) is 7. The molecule has 0 radical (unpaired) electrons. The Balaban J connectivity index is 1.65. The summed E-state index contributed by atoms with van der Waals surface area (Å²) in [5.74, 6) is 1.79. The van der Waals surface area contributed by atoms with Gasteiger partial charge in [-0.1, -0.05) is 56.8 Å². The average Bonchev–Trinajstić information content (AvgIpc) is 3.20. The molecule has 1 heterocycles. The fraction of sp³-hybridized carbons (Fsp3) is 0.318. The second-order valence-electron chi connectivity index (χ2n) is 7.48. The van der Waals surface area contributed by atoms with Crippen LogP contribution in [0, 0.1) is 0 Å². The number of ketones is 1. The number of carbonyl (C=O) groups excluding carboxylic acids is 1. The molecule has 2 aromatic carbocycles. The van der Waals surface area contributed by atoms with E-state index in [0.29, 0.717) is 33.7 Å². The zero-order chi connectivity index (χ0) is 21.0. The molecule has 0 amide bonds. The first-order chi connectivity index (χ1) is 13.8. The molecule has 0 N–H and O–H groups in total. The molecule has 0 saturated carbocycles. The maximum absolute atomic E-state index is 12.5. The molecule has 0 unspecified atom stereocenters. The van der Waals surface area contributed by atoms with Crippen molar-refractivity contribution in [3.8, 4) is 23.0 Å². The van der Waals surface area contributed by atoms with Crippen molar-refractivity contribution >= 4 is 17.5 Å². The molecule has 3 rings (SSSR count). The van der Waals surface area contributed by atoms with Crippen LogP contribution in [0.5, 0.6) is 11.5 Å². The molecule has 7 heteroatoms. The summed E-state index contributed by atoms with van der Waals surface area (Å²) in [6.07, 6.45) is 0. The SMILES string of the molecule is COc1ccc(-c2nnc(SCC(=O)c3ccc(C(C)(C)C)cc3)o2)cc1OC. The van der Waals surface area contributed by atoms with E-state index in [1.807, 2.05) is 30.3 Å². The maximum atomic E-state index is 12.5. The fourth-order valence-corrected chi connectivity index (χ4v) is 3.38. The van der Waals surface area contributed by atoms with Crippen LogP contribution in [0.25, 0.3) is 11.5 Å². The molecule has 29 heavy (non-hydrogen) atoms. The summed E-state index contributed by atoms with van der Waals surface area (Å²) < 4.78 is 16.2. The molecule has 0 aliphatic heterocycles. The van der Waals surface area contributed by atoms with Crippen LogP contribution >= 0.6 is 11.8 Å². The van der Waals surface area contributed by atoms with Crippen LogP contribution < -0.4 is 9.47 Å². The number of hydrogen-bond donors (Lipinski definition) is 0. The molecule has 0 fully saturated rings. The third-order valence-corrected chi connectivity index (χ3v) is 5.26. The van der Waals surface area contributed by atoms with Crippen molar-refractivity contribution in [1.29, 1.82) is 0 Å². The molecule has 3 aromatic rings. The average molecular weight is 413 g/mol. The standard InChI is InChI=1S/C22H24N2O4S/c1-22(2,3)16-9-6-14(7-10-16)17(25)13-29-21-24-23-20(28-21)15-8-11-18(26-4)19(12-15)27-5/h6-12H,13H2,1-5H3. The van der Waals surface area contributed by atoms with Crippen molar-refractivity contribution in [3.63, 3.8) is 0 Å². The fourth-order valence-electron chi connectivity index (χ4n) is 2.72. The second kappa shape index (κ2) is 8.69. The number of methoxy groups -OCH3 is 2. The third kappa shape index (κ3) is 4.98. The van der Waals surface area contributed by atoms with Gasteiger partial charge in [0.1, 0.15) is 0 Å². The van der Waals surface area contributed by atoms with Crippen molar-refractivity contribution < 1.29 is 18.7 Å². The second-order valence-corrected chi connectivity index (χ2v) is 8.41. The lowest BCUT2D eigenvalue weighted by molar-refractivity contribution is 0.102. The van der Waals surface area contributed by atoms with Crippen molar-refractivity contribution in [3.05, 3.63) is 53.6 Å². The summed E-state index contributed by atoms with van der Waals surface area (Å²) in [4.78, 5) is 12.5. The molecule has 6 nitrogen and oxygen atoms in total. The molecule has 0 aliphatic carbocycles. The van der Waals surface area contributed by atoms with Gasteiger partial charge in [0.05, 0.1) is 20.0 Å². The van der Waals surface area contributed by atoms with Crippen molar-refractivity contribution in [1.82, 2.24) is 10.2 Å². The van der Waals surface area contributed by atoms with Gasteiger partial charge in [-0.3, -0.25) is 4.79 Å². The molecule has 0 atom stereocenters. The quantitative estimate of drug-likeness (QED) is 0.398. The van der Waals surface area contributed by atoms with E-state index in [0.717, 1.165) is 0 Å². The van der Waals surface area contributed by atoms with E-state index >= 15 is 0 Å². The first-order valence-corrected chi connectivity index (χ1v) is 10.1. The zero-order valence-corrected chi connectivity index (χ0v) is 18.0. The number of carbonyl (C=O) groups is 1. The number of benzene rings is 2. The third-order valence-electron chi connectivity index (χ3n) is 4.44. The van der Waals surface area contributed by atoms with Gasteiger partial charge >= 0.3 is 0 Å². The highest BCUT2D eigenvalue weighted by Crippen LogP contribution is 2.32. The lowest BCUT2D eigenvalue weighted by atomic mass is 9.86. The molecular formula is C22H24N2O4S. The van der Waals surface area contributed by atoms with Crippen LogP contribution in [0.15, 0.2) is 52.1 Å². The van der Waals surface area contributed by atoms with E-state index in [2.05, 4.69) is 31.0 Å². The van der Waals surface area contributed by atoms with Gasteiger partial charge in [0.25, 0.3) is 5.22 Å². The first kappa shape index (κ1) is 20.9. The Labute approximate surface area is 174 Å². The molecule has 0 aliphatic rings. The van der Waals surface area contributed by atoms with Crippen LogP contribution in [0.1, 0.15) is 36.7 Å². The molecular weight excluding hydrogens is 388 g/mol. The maximum Gasteiger partial charge on any atom is 0.277 e. The number of rotatable bonds is 7. The monoisotopic (exact) mass is 412 g/mol. The number of Topliss-reactive ketones (excluding diaryl/α,β-unsaturated/α-hetero) is 1. The summed E-state index contributed by atoms with van der Waals surface area (Å²) in [6, 6.07) is 13.1. The summed E-state index contributed by atoms with van der Waals surface area (Å²) >= 11 is 1.22. The topological polar surface area (TPSA) is 74.5 Å². The van der Waals surface area contributed by atoms with Crippen molar-refractivity contribution in [2.24, 2.45) is 0 Å². The van der Waals surface area contributed by atoms with Gasteiger partial charge < -0.3 is 13.9 Å².